The third-order valence-electron chi connectivity index (χ3n) is 4.20. The van der Waals surface area contributed by atoms with Gasteiger partial charge < -0.3 is 19.7 Å². The summed E-state index contributed by atoms with van der Waals surface area (Å²) in [4.78, 5) is 2.32. The fourth-order valence-corrected chi connectivity index (χ4v) is 3.04. The third-order valence-corrected chi connectivity index (χ3v) is 4.20. The Balaban J connectivity index is 2.04. The topological polar surface area (TPSA) is 33.7 Å². The largest absolute Gasteiger partial charge is 0.497 e. The van der Waals surface area contributed by atoms with Crippen LogP contribution in [0.1, 0.15) is 12.8 Å². The molecule has 0 saturated carbocycles. The predicted molar refractivity (Wildman–Crippen MR) is 82.7 cm³/mol. The number of benzene rings is 1. The molecule has 1 saturated heterocycles. The molecule has 112 valence electrons. The average molecular weight is 278 g/mol. The monoisotopic (exact) mass is 278 g/mol. The molecule has 0 bridgehead atoms. The first-order valence-electron chi connectivity index (χ1n) is 7.24. The van der Waals surface area contributed by atoms with Crippen molar-refractivity contribution >= 4 is 5.69 Å². The summed E-state index contributed by atoms with van der Waals surface area (Å²) in [5.74, 6) is 0.899. The van der Waals surface area contributed by atoms with Crippen LogP contribution in [0.25, 0.3) is 0 Å². The summed E-state index contributed by atoms with van der Waals surface area (Å²) in [6, 6.07) is 8.25. The highest BCUT2D eigenvalue weighted by molar-refractivity contribution is 5.48. The number of methoxy groups -OCH3 is 2. The molecule has 0 spiro atoms. The van der Waals surface area contributed by atoms with E-state index in [0.29, 0.717) is 0 Å². The van der Waals surface area contributed by atoms with E-state index in [1.807, 2.05) is 12.1 Å². The lowest BCUT2D eigenvalue weighted by molar-refractivity contribution is 0.0596. The lowest BCUT2D eigenvalue weighted by atomic mass is 9.79. The summed E-state index contributed by atoms with van der Waals surface area (Å²) in [5.41, 5.74) is 1.48. The van der Waals surface area contributed by atoms with Gasteiger partial charge in [-0.1, -0.05) is 0 Å². The van der Waals surface area contributed by atoms with Crippen LogP contribution in [0.15, 0.2) is 24.3 Å². The van der Waals surface area contributed by atoms with E-state index in [1.165, 1.54) is 18.5 Å². The molecule has 0 amide bonds. The number of nitrogens with one attached hydrogen (secondary N) is 1. The smallest absolute Gasteiger partial charge is 0.119 e. The lowest BCUT2D eigenvalue weighted by Gasteiger charge is -2.40. The molecule has 1 N–H and O–H groups in total. The zero-order chi connectivity index (χ0) is 14.4. The number of rotatable bonds is 6. The highest BCUT2D eigenvalue weighted by Crippen LogP contribution is 2.31. The number of piperidine rings is 1. The summed E-state index contributed by atoms with van der Waals surface area (Å²) < 4.78 is 10.7. The number of anilines is 1. The van der Waals surface area contributed by atoms with Crippen LogP contribution >= 0.6 is 0 Å². The fourth-order valence-electron chi connectivity index (χ4n) is 3.04. The van der Waals surface area contributed by atoms with E-state index < -0.39 is 0 Å². The minimum atomic E-state index is 0.259. The molecule has 2 rings (SSSR count). The van der Waals surface area contributed by atoms with Crippen molar-refractivity contribution in [1.82, 2.24) is 5.32 Å². The van der Waals surface area contributed by atoms with Crippen molar-refractivity contribution < 1.29 is 9.47 Å². The second kappa shape index (κ2) is 6.95. The van der Waals surface area contributed by atoms with Gasteiger partial charge in [-0.05, 0) is 50.2 Å². The molecule has 0 aromatic heterocycles. The molecular formula is C16H26N2O2. The zero-order valence-electron chi connectivity index (χ0n) is 12.8. The van der Waals surface area contributed by atoms with Crippen LogP contribution in [0, 0.1) is 5.41 Å². The Kier molecular flexibility index (Phi) is 5.26. The highest BCUT2D eigenvalue weighted by Gasteiger charge is 2.33. The SMILES string of the molecule is COCC1(CN(C)c2ccc(OC)cc2)CCNCC1. The third kappa shape index (κ3) is 3.64. The van der Waals surface area contributed by atoms with Gasteiger partial charge in [0.05, 0.1) is 13.7 Å². The lowest BCUT2D eigenvalue weighted by Crippen LogP contribution is -2.46. The normalized spacial score (nSPS) is 17.8. The summed E-state index contributed by atoms with van der Waals surface area (Å²) in [5, 5.41) is 3.44. The standard InChI is InChI=1S/C16H26N2O2/c1-18(14-4-6-15(20-3)7-5-14)12-16(13-19-2)8-10-17-11-9-16/h4-7,17H,8-13H2,1-3H3. The van der Waals surface area contributed by atoms with E-state index in [0.717, 1.165) is 32.0 Å². The Hall–Kier alpha value is -1.26. The molecular weight excluding hydrogens is 252 g/mol. The van der Waals surface area contributed by atoms with E-state index in [4.69, 9.17) is 9.47 Å². The Morgan fingerprint density at radius 3 is 2.35 bits per heavy atom. The quantitative estimate of drug-likeness (QED) is 0.864. The van der Waals surface area contributed by atoms with Crippen LogP contribution in [-0.4, -0.2) is 47.5 Å². The second-order valence-corrected chi connectivity index (χ2v) is 5.74. The molecule has 1 aliphatic rings. The van der Waals surface area contributed by atoms with Gasteiger partial charge >= 0.3 is 0 Å². The maximum Gasteiger partial charge on any atom is 0.119 e. The van der Waals surface area contributed by atoms with Crippen molar-refractivity contribution in [2.75, 3.05) is 52.4 Å². The Bertz CT molecular complexity index is 394. The molecule has 20 heavy (non-hydrogen) atoms. The first-order valence-corrected chi connectivity index (χ1v) is 7.24. The number of nitrogens with zero attached hydrogens (tertiary/aromatic N) is 1. The van der Waals surface area contributed by atoms with Gasteiger partial charge in [0.2, 0.25) is 0 Å². The van der Waals surface area contributed by atoms with Crippen LogP contribution in [0.3, 0.4) is 0 Å². The maximum absolute atomic E-state index is 5.48. The van der Waals surface area contributed by atoms with Crippen molar-refractivity contribution in [3.63, 3.8) is 0 Å². The van der Waals surface area contributed by atoms with Gasteiger partial charge in [-0.15, -0.1) is 0 Å². The van der Waals surface area contributed by atoms with Crippen molar-refractivity contribution in [2.45, 2.75) is 12.8 Å². The molecule has 4 heteroatoms. The number of hydrogen-bond acceptors (Lipinski definition) is 4. The number of ether oxygens (including phenoxy) is 2. The van der Waals surface area contributed by atoms with Gasteiger partial charge in [0.1, 0.15) is 5.75 Å². The molecule has 1 aromatic rings. The van der Waals surface area contributed by atoms with Crippen LogP contribution in [0.2, 0.25) is 0 Å². The minimum absolute atomic E-state index is 0.259. The van der Waals surface area contributed by atoms with Gasteiger partial charge in [-0.2, -0.15) is 0 Å². The Labute approximate surface area is 122 Å². The van der Waals surface area contributed by atoms with E-state index >= 15 is 0 Å². The van der Waals surface area contributed by atoms with Crippen LogP contribution in [0.5, 0.6) is 5.75 Å². The second-order valence-electron chi connectivity index (χ2n) is 5.74. The molecule has 0 unspecified atom stereocenters. The average Bonchev–Trinajstić information content (AvgIpc) is 2.48. The summed E-state index contributed by atoms with van der Waals surface area (Å²) >= 11 is 0. The maximum atomic E-state index is 5.48. The highest BCUT2D eigenvalue weighted by atomic mass is 16.5. The van der Waals surface area contributed by atoms with E-state index in [9.17, 15) is 0 Å². The van der Waals surface area contributed by atoms with Gasteiger partial charge in [0.15, 0.2) is 0 Å². The van der Waals surface area contributed by atoms with Gasteiger partial charge in [0.25, 0.3) is 0 Å². The van der Waals surface area contributed by atoms with Gasteiger partial charge in [-0.3, -0.25) is 0 Å². The van der Waals surface area contributed by atoms with Crippen molar-refractivity contribution in [1.29, 1.82) is 0 Å². The minimum Gasteiger partial charge on any atom is -0.497 e. The molecule has 1 aromatic carbocycles. The first-order chi connectivity index (χ1) is 9.69. The summed E-state index contributed by atoms with van der Waals surface area (Å²) in [6.45, 7) is 4.02. The van der Waals surface area contributed by atoms with Crippen molar-refractivity contribution in [3.05, 3.63) is 24.3 Å². The van der Waals surface area contributed by atoms with Crippen molar-refractivity contribution in [2.24, 2.45) is 5.41 Å². The molecule has 0 aliphatic carbocycles. The van der Waals surface area contributed by atoms with E-state index in [-0.39, 0.29) is 5.41 Å². The zero-order valence-corrected chi connectivity index (χ0v) is 12.8. The molecule has 4 nitrogen and oxygen atoms in total. The molecule has 0 atom stereocenters. The molecule has 1 heterocycles. The van der Waals surface area contributed by atoms with Gasteiger partial charge in [0, 0.05) is 31.8 Å². The summed E-state index contributed by atoms with van der Waals surface area (Å²) in [7, 11) is 5.65. The first kappa shape index (κ1) is 15.1. The van der Waals surface area contributed by atoms with Gasteiger partial charge in [-0.25, -0.2) is 0 Å². The predicted octanol–water partition coefficient (Wildman–Crippen LogP) is 2.15. The van der Waals surface area contributed by atoms with Crippen LogP contribution in [0.4, 0.5) is 5.69 Å². The molecule has 0 radical (unpaired) electrons. The van der Waals surface area contributed by atoms with Crippen LogP contribution in [-0.2, 0) is 4.74 Å². The molecule has 1 fully saturated rings. The van der Waals surface area contributed by atoms with E-state index in [2.05, 4.69) is 29.4 Å². The Morgan fingerprint density at radius 2 is 1.80 bits per heavy atom. The fraction of sp³-hybridized carbons (Fsp3) is 0.625. The van der Waals surface area contributed by atoms with E-state index in [1.54, 1.807) is 14.2 Å². The molecule has 1 aliphatic heterocycles. The van der Waals surface area contributed by atoms with Crippen molar-refractivity contribution in [3.8, 4) is 5.75 Å². The number of hydrogen-bond donors (Lipinski definition) is 1. The Morgan fingerprint density at radius 1 is 1.15 bits per heavy atom. The summed E-state index contributed by atoms with van der Waals surface area (Å²) in [6.07, 6.45) is 2.34. The van der Waals surface area contributed by atoms with Crippen LogP contribution < -0.4 is 15.0 Å².